The van der Waals surface area contributed by atoms with Gasteiger partial charge < -0.3 is 19.5 Å². The average Bonchev–Trinajstić information content (AvgIpc) is 3.22. The highest BCUT2D eigenvalue weighted by Gasteiger charge is 2.34. The van der Waals surface area contributed by atoms with Crippen molar-refractivity contribution >= 4 is 17.6 Å². The van der Waals surface area contributed by atoms with Crippen molar-refractivity contribution < 1.29 is 27.2 Å². The lowest BCUT2D eigenvalue weighted by atomic mass is 10.1. The van der Waals surface area contributed by atoms with Crippen molar-refractivity contribution in [2.24, 2.45) is 5.92 Å². The van der Waals surface area contributed by atoms with E-state index in [1.807, 2.05) is 44.2 Å². The number of carbonyl (C=O) groups is 2. The minimum Gasteiger partial charge on any atom is -0.464 e. The van der Waals surface area contributed by atoms with Crippen molar-refractivity contribution in [2.75, 3.05) is 18.4 Å². The summed E-state index contributed by atoms with van der Waals surface area (Å²) in [7, 11) is 0. The lowest BCUT2D eigenvalue weighted by Crippen LogP contribution is -2.45. The van der Waals surface area contributed by atoms with Crippen molar-refractivity contribution in [3.05, 3.63) is 89.4 Å². The monoisotopic (exact) mass is 501 g/mol. The van der Waals surface area contributed by atoms with Crippen LogP contribution < -0.4 is 5.32 Å². The average molecular weight is 502 g/mol. The summed E-state index contributed by atoms with van der Waals surface area (Å²) in [4.78, 5) is 29.3. The molecular formula is C27H30F3N3O3. The van der Waals surface area contributed by atoms with Gasteiger partial charge in [-0.05, 0) is 42.7 Å². The molecule has 0 fully saturated rings. The maximum Gasteiger partial charge on any atom is 0.418 e. The van der Waals surface area contributed by atoms with E-state index in [0.717, 1.165) is 11.6 Å². The van der Waals surface area contributed by atoms with E-state index in [-0.39, 0.29) is 43.7 Å². The second kappa shape index (κ2) is 11.8. The highest BCUT2D eigenvalue weighted by atomic mass is 19.4. The molecule has 0 saturated carbocycles. The summed E-state index contributed by atoms with van der Waals surface area (Å²) in [6.07, 6.45) is -4.63. The van der Waals surface area contributed by atoms with Gasteiger partial charge in [0.1, 0.15) is 18.1 Å². The van der Waals surface area contributed by atoms with Crippen LogP contribution in [0.5, 0.6) is 0 Å². The maximum atomic E-state index is 13.4. The van der Waals surface area contributed by atoms with Gasteiger partial charge in [0.05, 0.1) is 17.8 Å². The highest BCUT2D eigenvalue weighted by molar-refractivity contribution is 5.93. The van der Waals surface area contributed by atoms with Gasteiger partial charge in [0.15, 0.2) is 0 Å². The van der Waals surface area contributed by atoms with Crippen LogP contribution in [0, 0.1) is 12.8 Å². The number of furan rings is 1. The number of hydrogen-bond acceptors (Lipinski definition) is 3. The van der Waals surface area contributed by atoms with Crippen LogP contribution >= 0.6 is 0 Å². The number of amides is 3. The topological polar surface area (TPSA) is 65.8 Å². The second-order valence-electron chi connectivity index (χ2n) is 9.00. The van der Waals surface area contributed by atoms with Crippen LogP contribution in [0.25, 0.3) is 0 Å². The lowest BCUT2D eigenvalue weighted by Gasteiger charge is -2.29. The van der Waals surface area contributed by atoms with E-state index >= 15 is 0 Å². The molecule has 1 heterocycles. The molecule has 0 unspecified atom stereocenters. The zero-order valence-corrected chi connectivity index (χ0v) is 20.5. The zero-order valence-electron chi connectivity index (χ0n) is 20.5. The standard InChI is InChI=1S/C27H30F3N3O3/c1-19(2)15-33(26(35)31-24-12-8-7-11-23(24)27(28,29)30)18-25(34)32(16-21-9-5-4-6-10-21)17-22-14-13-20(3)36-22/h4-14,19H,15-18H2,1-3H3,(H,31,35). The van der Waals surface area contributed by atoms with E-state index in [1.165, 1.54) is 23.1 Å². The van der Waals surface area contributed by atoms with E-state index in [0.29, 0.717) is 11.5 Å². The van der Waals surface area contributed by atoms with Gasteiger partial charge in [0, 0.05) is 13.1 Å². The normalized spacial score (nSPS) is 11.4. The predicted molar refractivity (Wildman–Crippen MR) is 131 cm³/mol. The van der Waals surface area contributed by atoms with Crippen molar-refractivity contribution in [3.63, 3.8) is 0 Å². The van der Waals surface area contributed by atoms with Crippen LogP contribution in [0.15, 0.2) is 71.1 Å². The van der Waals surface area contributed by atoms with Gasteiger partial charge in [-0.2, -0.15) is 13.2 Å². The van der Waals surface area contributed by atoms with E-state index in [9.17, 15) is 22.8 Å². The Morgan fingerprint density at radius 3 is 2.19 bits per heavy atom. The van der Waals surface area contributed by atoms with Gasteiger partial charge in [0.2, 0.25) is 5.91 Å². The number of nitrogens with one attached hydrogen (secondary N) is 1. The molecule has 0 aliphatic heterocycles. The van der Waals surface area contributed by atoms with Gasteiger partial charge in [-0.25, -0.2) is 4.79 Å². The first kappa shape index (κ1) is 26.8. The van der Waals surface area contributed by atoms with Crippen LogP contribution in [0.2, 0.25) is 0 Å². The molecule has 3 amide bonds. The molecule has 9 heteroatoms. The fourth-order valence-corrected chi connectivity index (χ4v) is 3.75. The number of benzene rings is 2. The Bertz CT molecular complexity index is 1160. The summed E-state index contributed by atoms with van der Waals surface area (Å²) in [6, 6.07) is 17.0. The first-order chi connectivity index (χ1) is 17.0. The van der Waals surface area contributed by atoms with Crippen LogP contribution in [0.4, 0.5) is 23.7 Å². The molecule has 0 saturated heterocycles. The number of aryl methyl sites for hydroxylation is 1. The summed E-state index contributed by atoms with van der Waals surface area (Å²) < 4.78 is 45.9. The van der Waals surface area contributed by atoms with Gasteiger partial charge in [0.25, 0.3) is 0 Å². The Morgan fingerprint density at radius 1 is 0.917 bits per heavy atom. The Kier molecular flexibility index (Phi) is 8.79. The molecule has 36 heavy (non-hydrogen) atoms. The van der Waals surface area contributed by atoms with Crippen molar-refractivity contribution in [2.45, 2.75) is 40.0 Å². The molecule has 0 atom stereocenters. The minimum absolute atomic E-state index is 0.0169. The number of alkyl halides is 3. The van der Waals surface area contributed by atoms with Gasteiger partial charge >= 0.3 is 12.2 Å². The summed E-state index contributed by atoms with van der Waals surface area (Å²) in [5.74, 6) is 0.932. The van der Waals surface area contributed by atoms with Crippen molar-refractivity contribution in [1.29, 1.82) is 0 Å². The molecule has 0 bridgehead atoms. The fourth-order valence-electron chi connectivity index (χ4n) is 3.75. The molecule has 1 N–H and O–H groups in total. The number of para-hydroxylation sites is 1. The van der Waals surface area contributed by atoms with Crippen LogP contribution in [-0.4, -0.2) is 34.8 Å². The smallest absolute Gasteiger partial charge is 0.418 e. The molecule has 0 aliphatic rings. The number of anilines is 1. The van der Waals surface area contributed by atoms with E-state index < -0.39 is 17.8 Å². The Labute approximate surface area is 208 Å². The molecule has 0 aliphatic carbocycles. The molecule has 192 valence electrons. The number of halogens is 3. The number of carbonyl (C=O) groups excluding carboxylic acids is 2. The molecule has 1 aromatic heterocycles. The van der Waals surface area contributed by atoms with Crippen molar-refractivity contribution in [1.82, 2.24) is 9.80 Å². The maximum absolute atomic E-state index is 13.4. The second-order valence-corrected chi connectivity index (χ2v) is 9.00. The van der Waals surface area contributed by atoms with Gasteiger partial charge in [-0.3, -0.25) is 4.79 Å². The largest absolute Gasteiger partial charge is 0.464 e. The molecule has 6 nitrogen and oxygen atoms in total. The highest BCUT2D eigenvalue weighted by Crippen LogP contribution is 2.34. The summed E-state index contributed by atoms with van der Waals surface area (Å²) in [5.41, 5.74) is -0.412. The molecular weight excluding hydrogens is 471 g/mol. The zero-order chi connectivity index (χ0) is 26.3. The van der Waals surface area contributed by atoms with E-state index in [4.69, 9.17) is 4.42 Å². The third kappa shape index (κ3) is 7.63. The Hall–Kier alpha value is -3.75. The number of urea groups is 1. The quantitative estimate of drug-likeness (QED) is 0.373. The summed E-state index contributed by atoms with van der Waals surface area (Å²) >= 11 is 0. The molecule has 0 spiro atoms. The fraction of sp³-hybridized carbons (Fsp3) is 0.333. The van der Waals surface area contributed by atoms with Gasteiger partial charge in [-0.1, -0.05) is 56.3 Å². The number of rotatable bonds is 9. The van der Waals surface area contributed by atoms with Crippen molar-refractivity contribution in [3.8, 4) is 0 Å². The molecule has 3 rings (SSSR count). The van der Waals surface area contributed by atoms with E-state index in [1.54, 1.807) is 24.0 Å². The third-order valence-electron chi connectivity index (χ3n) is 5.38. The summed E-state index contributed by atoms with van der Waals surface area (Å²) in [5, 5.41) is 2.35. The third-order valence-corrected chi connectivity index (χ3v) is 5.38. The lowest BCUT2D eigenvalue weighted by molar-refractivity contribution is -0.137. The summed E-state index contributed by atoms with van der Waals surface area (Å²) in [6.45, 7) is 5.89. The molecule has 2 aromatic carbocycles. The van der Waals surface area contributed by atoms with Crippen LogP contribution in [0.1, 0.15) is 36.5 Å². The number of hydrogen-bond donors (Lipinski definition) is 1. The van der Waals surface area contributed by atoms with Crippen LogP contribution in [-0.2, 0) is 24.1 Å². The molecule has 3 aromatic rings. The SMILES string of the molecule is Cc1ccc(CN(Cc2ccccc2)C(=O)CN(CC(C)C)C(=O)Nc2ccccc2C(F)(F)F)o1. The number of nitrogens with zero attached hydrogens (tertiary/aromatic N) is 2. The minimum atomic E-state index is -4.63. The van der Waals surface area contributed by atoms with Gasteiger partial charge in [-0.15, -0.1) is 0 Å². The Morgan fingerprint density at radius 2 is 1.58 bits per heavy atom. The first-order valence-corrected chi connectivity index (χ1v) is 11.6. The Balaban J connectivity index is 1.81. The van der Waals surface area contributed by atoms with Crippen LogP contribution in [0.3, 0.4) is 0 Å². The van der Waals surface area contributed by atoms with E-state index in [2.05, 4.69) is 5.32 Å². The molecule has 0 radical (unpaired) electrons. The predicted octanol–water partition coefficient (Wildman–Crippen LogP) is 6.33. The first-order valence-electron chi connectivity index (χ1n) is 11.6.